The Labute approximate surface area is 213 Å². The third-order valence-electron chi connectivity index (χ3n) is 6.04. The van der Waals surface area contributed by atoms with Crippen LogP contribution in [0.3, 0.4) is 0 Å². The van der Waals surface area contributed by atoms with E-state index in [9.17, 15) is 8.42 Å². The first-order chi connectivity index (χ1) is 16.8. The van der Waals surface area contributed by atoms with Crippen molar-refractivity contribution in [1.29, 1.82) is 0 Å². The molecule has 2 heterocycles. The molecule has 0 radical (unpaired) electrons. The molecule has 35 heavy (non-hydrogen) atoms. The van der Waals surface area contributed by atoms with Gasteiger partial charge in [0.2, 0.25) is 10.0 Å². The molecule has 1 unspecified atom stereocenters. The molecule has 0 fully saturated rings. The van der Waals surface area contributed by atoms with E-state index < -0.39 is 15.3 Å². The summed E-state index contributed by atoms with van der Waals surface area (Å²) in [6.45, 7) is 3.47. The number of methoxy groups -OCH3 is 1. The van der Waals surface area contributed by atoms with Crippen LogP contribution in [0.5, 0.6) is 5.75 Å². The van der Waals surface area contributed by atoms with Crippen LogP contribution in [0.25, 0.3) is 21.9 Å². The van der Waals surface area contributed by atoms with Gasteiger partial charge in [0.05, 0.1) is 29.6 Å². The smallest absolute Gasteiger partial charge is 0.212 e. The van der Waals surface area contributed by atoms with E-state index in [2.05, 4.69) is 25.5 Å². The molecule has 186 valence electrons. The fourth-order valence-electron chi connectivity index (χ4n) is 4.26. The second kappa shape index (κ2) is 11.0. The highest BCUT2D eigenvalue weighted by atomic mass is 79.9. The first kappa shape index (κ1) is 25.6. The Morgan fingerprint density at radius 3 is 2.60 bits per heavy atom. The van der Waals surface area contributed by atoms with E-state index in [0.29, 0.717) is 39.0 Å². The largest absolute Gasteiger partial charge is 0.497 e. The minimum Gasteiger partial charge on any atom is -0.497 e. The summed E-state index contributed by atoms with van der Waals surface area (Å²) in [6.07, 6.45) is 3.16. The van der Waals surface area contributed by atoms with Crippen molar-refractivity contribution in [2.75, 3.05) is 13.7 Å². The molecular weight excluding hydrogens is 532 g/mol. The Bertz CT molecular complexity index is 1420. The molecule has 10 heteroatoms. The van der Waals surface area contributed by atoms with Gasteiger partial charge in [-0.3, -0.25) is 4.98 Å². The predicted molar refractivity (Wildman–Crippen MR) is 141 cm³/mol. The van der Waals surface area contributed by atoms with Gasteiger partial charge in [0.15, 0.2) is 0 Å². The molecule has 0 aliphatic heterocycles. The molecule has 0 aliphatic carbocycles. The number of primary sulfonamides is 1. The summed E-state index contributed by atoms with van der Waals surface area (Å²) in [5, 5.41) is 5.92. The van der Waals surface area contributed by atoms with Crippen molar-refractivity contribution in [1.82, 2.24) is 14.5 Å². The molecule has 0 saturated carbocycles. The number of hydrogen-bond acceptors (Lipinski definition) is 6. The molecule has 2 aromatic carbocycles. The highest BCUT2D eigenvalue weighted by Crippen LogP contribution is 2.28. The minimum atomic E-state index is -3.72. The maximum Gasteiger partial charge on any atom is 0.212 e. The molecule has 2 N–H and O–H groups in total. The summed E-state index contributed by atoms with van der Waals surface area (Å²) < 4.78 is 38.7. The van der Waals surface area contributed by atoms with Crippen LogP contribution in [0.1, 0.15) is 31.2 Å². The summed E-state index contributed by atoms with van der Waals surface area (Å²) in [5.41, 5.74) is 3.52. The van der Waals surface area contributed by atoms with E-state index in [1.807, 2.05) is 49.4 Å². The van der Waals surface area contributed by atoms with Crippen molar-refractivity contribution in [3.8, 4) is 5.75 Å². The Morgan fingerprint density at radius 2 is 1.91 bits per heavy atom. The number of pyridine rings is 1. The van der Waals surface area contributed by atoms with Crippen molar-refractivity contribution in [2.45, 2.75) is 44.6 Å². The number of nitrogens with two attached hydrogens (primary N) is 1. The fourth-order valence-corrected chi connectivity index (χ4v) is 5.53. The SMILES string of the molecule is CCOCc1nc2cnc3cc(Br)ccc3c2n1CCCC(Cc1ccc(OC)cc1)S(N)(=O)=O. The van der Waals surface area contributed by atoms with Crippen LogP contribution in [0, 0.1) is 0 Å². The van der Waals surface area contributed by atoms with Crippen molar-refractivity contribution in [3.05, 3.63) is 64.5 Å². The molecule has 0 bridgehead atoms. The number of sulfonamides is 1. The number of nitrogens with zero attached hydrogens (tertiary/aromatic N) is 3. The average Bonchev–Trinajstić information content (AvgIpc) is 3.19. The van der Waals surface area contributed by atoms with Gasteiger partial charge in [0.25, 0.3) is 0 Å². The van der Waals surface area contributed by atoms with Crippen LogP contribution in [-0.2, 0) is 34.3 Å². The van der Waals surface area contributed by atoms with Gasteiger partial charge in [-0.2, -0.15) is 0 Å². The average molecular weight is 562 g/mol. The van der Waals surface area contributed by atoms with Gasteiger partial charge in [-0.15, -0.1) is 0 Å². The van der Waals surface area contributed by atoms with E-state index >= 15 is 0 Å². The number of aryl methyl sites for hydroxylation is 1. The van der Waals surface area contributed by atoms with Crippen LogP contribution in [0.15, 0.2) is 53.1 Å². The lowest BCUT2D eigenvalue weighted by Crippen LogP contribution is -2.30. The summed E-state index contributed by atoms with van der Waals surface area (Å²) in [5.74, 6) is 1.52. The highest BCUT2D eigenvalue weighted by molar-refractivity contribution is 9.10. The van der Waals surface area contributed by atoms with E-state index in [-0.39, 0.29) is 0 Å². The lowest BCUT2D eigenvalue weighted by Gasteiger charge is -2.16. The molecule has 4 rings (SSSR count). The number of hydrogen-bond donors (Lipinski definition) is 1. The van der Waals surface area contributed by atoms with Crippen LogP contribution >= 0.6 is 15.9 Å². The maximum atomic E-state index is 12.4. The Kier molecular flexibility index (Phi) is 8.05. The quantitative estimate of drug-likeness (QED) is 0.287. The Morgan fingerprint density at radius 1 is 1.14 bits per heavy atom. The second-order valence-corrected chi connectivity index (χ2v) is 11.1. The summed E-state index contributed by atoms with van der Waals surface area (Å²) >= 11 is 3.51. The number of benzene rings is 2. The van der Waals surface area contributed by atoms with E-state index in [0.717, 1.165) is 43.5 Å². The van der Waals surface area contributed by atoms with E-state index in [4.69, 9.17) is 19.6 Å². The van der Waals surface area contributed by atoms with Crippen LogP contribution in [0.2, 0.25) is 0 Å². The first-order valence-corrected chi connectivity index (χ1v) is 13.9. The zero-order chi connectivity index (χ0) is 25.0. The zero-order valence-electron chi connectivity index (χ0n) is 19.8. The Balaban J connectivity index is 1.60. The second-order valence-electron chi connectivity index (χ2n) is 8.38. The molecular formula is C25H29BrN4O4S. The first-order valence-electron chi connectivity index (χ1n) is 11.5. The topological polar surface area (TPSA) is 109 Å². The Hall–Kier alpha value is -2.53. The molecule has 4 aromatic rings. The monoisotopic (exact) mass is 560 g/mol. The number of fused-ring (bicyclic) bond motifs is 3. The third kappa shape index (κ3) is 6.00. The standard InChI is InChI=1S/C25H29BrN4O4S/c1-3-34-16-24-29-23-15-28-22-14-18(26)8-11-21(22)25(23)30(24)12-4-5-20(35(27,31)32)13-17-6-9-19(33-2)10-7-17/h6-11,14-15,20H,3-5,12-13,16H2,1-2H3,(H2,27,31,32). The molecule has 0 aliphatic rings. The van der Waals surface area contributed by atoms with Crippen LogP contribution in [0.4, 0.5) is 0 Å². The van der Waals surface area contributed by atoms with Crippen molar-refractivity contribution in [3.63, 3.8) is 0 Å². The predicted octanol–water partition coefficient (Wildman–Crippen LogP) is 4.57. The van der Waals surface area contributed by atoms with Gasteiger partial charge < -0.3 is 14.0 Å². The molecule has 0 saturated heterocycles. The number of imidazole rings is 1. The number of rotatable bonds is 11. The fraction of sp³-hybridized carbons (Fsp3) is 0.360. The summed E-state index contributed by atoms with van der Waals surface area (Å²) in [7, 11) is -2.13. The van der Waals surface area contributed by atoms with Crippen LogP contribution in [-0.4, -0.2) is 41.9 Å². The van der Waals surface area contributed by atoms with Gasteiger partial charge >= 0.3 is 0 Å². The molecule has 1 atom stereocenters. The van der Waals surface area contributed by atoms with Gasteiger partial charge in [0.1, 0.15) is 23.7 Å². The third-order valence-corrected chi connectivity index (χ3v) is 7.87. The van der Waals surface area contributed by atoms with Crippen molar-refractivity contribution in [2.24, 2.45) is 5.14 Å². The normalized spacial score (nSPS) is 12.9. The minimum absolute atomic E-state index is 0.347. The van der Waals surface area contributed by atoms with Gasteiger partial charge in [-0.25, -0.2) is 18.5 Å². The maximum absolute atomic E-state index is 12.4. The van der Waals surface area contributed by atoms with E-state index in [1.165, 1.54) is 0 Å². The number of ether oxygens (including phenoxy) is 2. The van der Waals surface area contributed by atoms with Crippen molar-refractivity contribution >= 4 is 47.9 Å². The van der Waals surface area contributed by atoms with Gasteiger partial charge in [-0.05, 0) is 62.1 Å². The highest BCUT2D eigenvalue weighted by Gasteiger charge is 2.22. The number of halogens is 1. The van der Waals surface area contributed by atoms with Gasteiger partial charge in [-0.1, -0.05) is 28.1 Å². The zero-order valence-corrected chi connectivity index (χ0v) is 22.2. The van der Waals surface area contributed by atoms with E-state index in [1.54, 1.807) is 13.3 Å². The van der Waals surface area contributed by atoms with Gasteiger partial charge in [0, 0.05) is 23.0 Å². The molecule has 2 aromatic heterocycles. The van der Waals surface area contributed by atoms with Crippen LogP contribution < -0.4 is 9.88 Å². The lowest BCUT2D eigenvalue weighted by atomic mass is 10.1. The molecule has 0 amide bonds. The van der Waals surface area contributed by atoms with Crippen molar-refractivity contribution < 1.29 is 17.9 Å². The molecule has 8 nitrogen and oxygen atoms in total. The summed E-state index contributed by atoms with van der Waals surface area (Å²) in [6, 6.07) is 13.4. The molecule has 0 spiro atoms. The lowest BCUT2D eigenvalue weighted by molar-refractivity contribution is 0.126. The summed E-state index contributed by atoms with van der Waals surface area (Å²) in [4.78, 5) is 9.32. The number of aromatic nitrogens is 3.